The number of likely N-dealkylation sites (tertiary alicyclic amines) is 1. The number of hydrogen-bond donors (Lipinski definition) is 0. The number of piperidine rings is 1. The Balaban J connectivity index is 1.26. The lowest BCUT2D eigenvalue weighted by molar-refractivity contribution is -0.113. The van der Waals surface area contributed by atoms with Gasteiger partial charge in [-0.3, -0.25) is 14.7 Å². The number of imidazole rings is 1. The second-order valence-corrected chi connectivity index (χ2v) is 9.36. The van der Waals surface area contributed by atoms with Crippen LogP contribution >= 0.6 is 0 Å². The maximum Gasteiger partial charge on any atom is 0.165 e. The van der Waals surface area contributed by atoms with Crippen molar-refractivity contribution in [2.45, 2.75) is 44.6 Å². The molecule has 0 spiro atoms. The van der Waals surface area contributed by atoms with Crippen LogP contribution in [0.3, 0.4) is 0 Å². The summed E-state index contributed by atoms with van der Waals surface area (Å²) in [6.07, 6.45) is 11.4. The van der Waals surface area contributed by atoms with Crippen molar-refractivity contribution in [2.75, 3.05) is 26.3 Å². The molecule has 6 rings (SSSR count). The molecule has 3 aromatic rings. The Hall–Kier alpha value is -2.83. The maximum absolute atomic E-state index is 13.0. The van der Waals surface area contributed by atoms with Gasteiger partial charge in [0.1, 0.15) is 0 Å². The molecule has 1 aliphatic carbocycles. The Morgan fingerprint density at radius 3 is 2.72 bits per heavy atom. The molecule has 1 aromatic carbocycles. The summed E-state index contributed by atoms with van der Waals surface area (Å²) < 4.78 is 7.31. The van der Waals surface area contributed by atoms with Gasteiger partial charge in [0.15, 0.2) is 11.4 Å². The van der Waals surface area contributed by atoms with Crippen molar-refractivity contribution in [2.24, 2.45) is 0 Å². The first-order valence-corrected chi connectivity index (χ1v) is 11.7. The Morgan fingerprint density at radius 2 is 1.94 bits per heavy atom. The summed E-state index contributed by atoms with van der Waals surface area (Å²) in [5.41, 5.74) is 6.96. The van der Waals surface area contributed by atoms with Gasteiger partial charge in [-0.2, -0.15) is 0 Å². The first-order chi connectivity index (χ1) is 15.6. The van der Waals surface area contributed by atoms with Gasteiger partial charge in [-0.15, -0.1) is 0 Å². The molecule has 0 atom stereocenters. The molecule has 0 bridgehead atoms. The van der Waals surface area contributed by atoms with E-state index < -0.39 is 0 Å². The molecule has 2 aliphatic heterocycles. The van der Waals surface area contributed by atoms with Crippen LogP contribution in [0.1, 0.15) is 53.3 Å². The van der Waals surface area contributed by atoms with Crippen molar-refractivity contribution in [3.05, 3.63) is 64.9 Å². The zero-order valence-corrected chi connectivity index (χ0v) is 18.5. The number of fused-ring (bicyclic) bond motifs is 2. The standard InChI is InChI=1S/C26H28N4O2/c1-17-13-30-14-24(28-26(30)12-27-17)23-11-21-3-2-19(10-20(21)4-5-25(23)31)18-6-8-29(9-7-18)22-15-32-16-22/h2-3,10-14,18,22H,4-9,15-16H2,1H3. The smallest absolute Gasteiger partial charge is 0.165 e. The maximum atomic E-state index is 13.0. The molecule has 32 heavy (non-hydrogen) atoms. The van der Waals surface area contributed by atoms with E-state index in [4.69, 9.17) is 4.74 Å². The van der Waals surface area contributed by atoms with Crippen LogP contribution in [0.2, 0.25) is 0 Å². The number of carbonyl (C=O) groups is 1. The van der Waals surface area contributed by atoms with Gasteiger partial charge in [0.05, 0.1) is 36.8 Å². The largest absolute Gasteiger partial charge is 0.378 e. The summed E-state index contributed by atoms with van der Waals surface area (Å²) in [6, 6.07) is 7.46. The summed E-state index contributed by atoms with van der Waals surface area (Å²) in [4.78, 5) is 24.6. The predicted octanol–water partition coefficient (Wildman–Crippen LogP) is 3.67. The van der Waals surface area contributed by atoms with Gasteiger partial charge in [0.2, 0.25) is 0 Å². The van der Waals surface area contributed by atoms with Crippen LogP contribution in [-0.2, 0) is 16.0 Å². The highest BCUT2D eigenvalue weighted by Crippen LogP contribution is 2.33. The lowest BCUT2D eigenvalue weighted by Gasteiger charge is -2.41. The van der Waals surface area contributed by atoms with Gasteiger partial charge in [0.25, 0.3) is 0 Å². The second-order valence-electron chi connectivity index (χ2n) is 9.36. The summed E-state index contributed by atoms with van der Waals surface area (Å²) in [5.74, 6) is 0.765. The van der Waals surface area contributed by atoms with Gasteiger partial charge in [0, 0.05) is 24.4 Å². The highest BCUT2D eigenvalue weighted by Gasteiger charge is 2.30. The number of Topliss-reactive ketones (excluding diaryl/α,β-unsaturated/α-hetero) is 1. The average molecular weight is 429 g/mol. The molecule has 6 heteroatoms. The summed E-state index contributed by atoms with van der Waals surface area (Å²) in [6.45, 7) is 6.05. The van der Waals surface area contributed by atoms with E-state index in [2.05, 4.69) is 33.1 Å². The van der Waals surface area contributed by atoms with Crippen LogP contribution in [0, 0.1) is 6.92 Å². The fraction of sp³-hybridized carbons (Fsp3) is 0.423. The molecule has 2 fully saturated rings. The number of ketones is 1. The molecule has 0 saturated carbocycles. The number of ether oxygens (including phenoxy) is 1. The number of nitrogens with zero attached hydrogens (tertiary/aromatic N) is 4. The van der Waals surface area contributed by atoms with Crippen molar-refractivity contribution >= 4 is 23.1 Å². The van der Waals surface area contributed by atoms with Crippen molar-refractivity contribution in [1.29, 1.82) is 0 Å². The van der Waals surface area contributed by atoms with Gasteiger partial charge >= 0.3 is 0 Å². The van der Waals surface area contributed by atoms with E-state index in [1.54, 1.807) is 6.20 Å². The third kappa shape index (κ3) is 3.57. The van der Waals surface area contributed by atoms with Gasteiger partial charge in [-0.25, -0.2) is 4.98 Å². The fourth-order valence-corrected chi connectivity index (χ4v) is 5.24. The molecule has 2 saturated heterocycles. The van der Waals surface area contributed by atoms with Crippen molar-refractivity contribution in [1.82, 2.24) is 19.3 Å². The van der Waals surface area contributed by atoms with E-state index in [-0.39, 0.29) is 5.78 Å². The van der Waals surface area contributed by atoms with E-state index in [9.17, 15) is 4.79 Å². The Labute approximate surface area is 187 Å². The molecule has 2 aromatic heterocycles. The Bertz CT molecular complexity index is 1220. The highest BCUT2D eigenvalue weighted by atomic mass is 16.5. The van der Waals surface area contributed by atoms with Crippen molar-refractivity contribution < 1.29 is 9.53 Å². The van der Waals surface area contributed by atoms with E-state index in [0.717, 1.165) is 55.3 Å². The molecule has 6 nitrogen and oxygen atoms in total. The molecule has 4 heterocycles. The number of rotatable bonds is 3. The quantitative estimate of drug-likeness (QED) is 0.637. The predicted molar refractivity (Wildman–Crippen MR) is 124 cm³/mol. The summed E-state index contributed by atoms with van der Waals surface area (Å²) in [5, 5.41) is 0. The number of aryl methyl sites for hydroxylation is 2. The lowest BCUT2D eigenvalue weighted by atomic mass is 9.86. The normalized spacial score (nSPS) is 20.7. The van der Waals surface area contributed by atoms with Crippen LogP contribution in [0.25, 0.3) is 17.3 Å². The van der Waals surface area contributed by atoms with E-state index in [1.807, 2.05) is 29.8 Å². The molecule has 3 aliphatic rings. The van der Waals surface area contributed by atoms with Crippen LogP contribution in [0.15, 0.2) is 36.8 Å². The van der Waals surface area contributed by atoms with Gasteiger partial charge in [-0.05, 0) is 68.0 Å². The van der Waals surface area contributed by atoms with E-state index in [1.165, 1.54) is 24.0 Å². The molecule has 0 amide bonds. The summed E-state index contributed by atoms with van der Waals surface area (Å²) in [7, 11) is 0. The zero-order valence-electron chi connectivity index (χ0n) is 18.5. The third-order valence-electron chi connectivity index (χ3n) is 7.27. The van der Waals surface area contributed by atoms with E-state index >= 15 is 0 Å². The van der Waals surface area contributed by atoms with Crippen molar-refractivity contribution in [3.8, 4) is 0 Å². The molecule has 0 N–H and O–H groups in total. The minimum atomic E-state index is 0.159. The van der Waals surface area contributed by atoms with E-state index in [0.29, 0.717) is 24.0 Å². The zero-order chi connectivity index (χ0) is 21.7. The minimum Gasteiger partial charge on any atom is -0.378 e. The first-order valence-electron chi connectivity index (χ1n) is 11.7. The second kappa shape index (κ2) is 7.94. The van der Waals surface area contributed by atoms with Crippen molar-refractivity contribution in [3.63, 3.8) is 0 Å². The van der Waals surface area contributed by atoms with Gasteiger partial charge < -0.3 is 9.14 Å². The Morgan fingerprint density at radius 1 is 1.09 bits per heavy atom. The fourth-order valence-electron chi connectivity index (χ4n) is 5.24. The molecule has 0 radical (unpaired) electrons. The van der Waals surface area contributed by atoms with Gasteiger partial charge in [-0.1, -0.05) is 18.2 Å². The molecular formula is C26H28N4O2. The third-order valence-corrected chi connectivity index (χ3v) is 7.27. The van der Waals surface area contributed by atoms with Crippen LogP contribution in [0.4, 0.5) is 0 Å². The minimum absolute atomic E-state index is 0.159. The van der Waals surface area contributed by atoms with Crippen LogP contribution in [-0.4, -0.2) is 57.4 Å². The number of carbonyl (C=O) groups excluding carboxylic acids is 1. The Kier molecular flexibility index (Phi) is 4.92. The SMILES string of the molecule is Cc1cn2cc(C3=Cc4ccc(C5CCN(C6COC6)CC5)cc4CCC3=O)nc2cn1. The summed E-state index contributed by atoms with van der Waals surface area (Å²) >= 11 is 0. The number of hydrogen-bond acceptors (Lipinski definition) is 5. The molecule has 164 valence electrons. The van der Waals surface area contributed by atoms with Crippen LogP contribution in [0.5, 0.6) is 0 Å². The number of allylic oxidation sites excluding steroid dienone is 1. The average Bonchev–Trinajstić information content (AvgIpc) is 3.10. The monoisotopic (exact) mass is 428 g/mol. The van der Waals surface area contributed by atoms with Crippen LogP contribution < -0.4 is 0 Å². The molecular weight excluding hydrogens is 400 g/mol. The topological polar surface area (TPSA) is 59.7 Å². The number of benzene rings is 1. The first kappa shape index (κ1) is 19.8. The highest BCUT2D eigenvalue weighted by molar-refractivity contribution is 6.25. The molecule has 0 unspecified atom stereocenters. The lowest BCUT2D eigenvalue weighted by Crippen LogP contribution is -2.51. The number of aromatic nitrogens is 3.